The molecule has 0 atom stereocenters. The van der Waals surface area contributed by atoms with Crippen LogP contribution in [-0.4, -0.2) is 57.0 Å². The molecule has 6 nitrogen and oxygen atoms in total. The van der Waals surface area contributed by atoms with Crippen molar-refractivity contribution in [1.29, 1.82) is 0 Å². The maximum Gasteiger partial charge on any atom is 0.193 e. The van der Waals surface area contributed by atoms with Crippen molar-refractivity contribution in [3.05, 3.63) is 29.3 Å². The number of benzene rings is 1. The summed E-state index contributed by atoms with van der Waals surface area (Å²) in [5.74, 6) is 0.901. The molecule has 0 amide bonds. The van der Waals surface area contributed by atoms with Crippen LogP contribution in [0.3, 0.4) is 0 Å². The van der Waals surface area contributed by atoms with E-state index in [9.17, 15) is 8.42 Å². The molecule has 1 aliphatic heterocycles. The highest BCUT2D eigenvalue weighted by Crippen LogP contribution is 2.22. The van der Waals surface area contributed by atoms with Gasteiger partial charge in [-0.3, -0.25) is 9.89 Å². The zero-order valence-corrected chi connectivity index (χ0v) is 15.4. The van der Waals surface area contributed by atoms with Gasteiger partial charge in [0.15, 0.2) is 15.8 Å². The van der Waals surface area contributed by atoms with Crippen molar-refractivity contribution in [2.45, 2.75) is 26.7 Å². The first-order valence-corrected chi connectivity index (χ1v) is 10.4. The molecule has 0 radical (unpaired) electrons. The second kappa shape index (κ2) is 8.48. The molecule has 7 heteroatoms. The molecule has 1 fully saturated rings. The van der Waals surface area contributed by atoms with E-state index < -0.39 is 9.84 Å². The summed E-state index contributed by atoms with van der Waals surface area (Å²) in [7, 11) is -2.83. The largest absolute Gasteiger partial charge is 0.370 e. The number of aliphatic imine (C=N–C) groups is 1. The number of hydrogen-bond acceptors (Lipinski definition) is 4. The summed E-state index contributed by atoms with van der Waals surface area (Å²) in [4.78, 5) is 6.51. The molecule has 1 heterocycles. The lowest BCUT2D eigenvalue weighted by atomic mass is 10.0. The number of nitrogens with two attached hydrogens (primary N) is 1. The Morgan fingerprint density at radius 1 is 1.21 bits per heavy atom. The van der Waals surface area contributed by atoms with Gasteiger partial charge in [-0.15, -0.1) is 0 Å². The van der Waals surface area contributed by atoms with Gasteiger partial charge in [-0.25, -0.2) is 8.42 Å². The zero-order valence-electron chi connectivity index (χ0n) is 14.6. The molecule has 0 aliphatic carbocycles. The normalized spacial score (nSPS) is 18.5. The van der Waals surface area contributed by atoms with Gasteiger partial charge in [0.25, 0.3) is 0 Å². The average molecular weight is 353 g/mol. The number of anilines is 1. The molecular formula is C17H28N4O2S. The van der Waals surface area contributed by atoms with Gasteiger partial charge in [0.2, 0.25) is 0 Å². The van der Waals surface area contributed by atoms with Crippen LogP contribution in [0.2, 0.25) is 0 Å². The minimum Gasteiger partial charge on any atom is -0.370 e. The van der Waals surface area contributed by atoms with E-state index in [1.807, 2.05) is 0 Å². The Kier molecular flexibility index (Phi) is 6.62. The molecule has 0 aromatic heterocycles. The van der Waals surface area contributed by atoms with E-state index in [-0.39, 0.29) is 11.5 Å². The molecule has 1 aromatic carbocycles. The Hall–Kier alpha value is -1.60. The minimum atomic E-state index is -2.83. The van der Waals surface area contributed by atoms with Crippen molar-refractivity contribution >= 4 is 21.5 Å². The molecule has 0 bridgehead atoms. The van der Waals surface area contributed by atoms with Gasteiger partial charge >= 0.3 is 0 Å². The van der Waals surface area contributed by atoms with Gasteiger partial charge in [0.1, 0.15) is 0 Å². The number of nitrogens with zero attached hydrogens (tertiary/aromatic N) is 2. The number of guanidine groups is 1. The highest BCUT2D eigenvalue weighted by atomic mass is 32.2. The van der Waals surface area contributed by atoms with E-state index in [4.69, 9.17) is 5.73 Å². The van der Waals surface area contributed by atoms with Gasteiger partial charge in [-0.1, -0.05) is 32.0 Å². The quantitative estimate of drug-likeness (QED) is 0.595. The number of nitrogens with one attached hydrogen (secondary N) is 1. The first kappa shape index (κ1) is 18.7. The first-order chi connectivity index (χ1) is 11.4. The molecule has 3 N–H and O–H groups in total. The second-order valence-corrected chi connectivity index (χ2v) is 8.35. The van der Waals surface area contributed by atoms with Gasteiger partial charge in [0.05, 0.1) is 18.1 Å². The van der Waals surface area contributed by atoms with Crippen LogP contribution in [-0.2, 0) is 22.7 Å². The van der Waals surface area contributed by atoms with E-state index in [0.717, 1.165) is 25.1 Å². The first-order valence-electron chi connectivity index (χ1n) is 8.55. The van der Waals surface area contributed by atoms with E-state index in [0.29, 0.717) is 25.6 Å². The molecule has 0 saturated carbocycles. The molecule has 1 saturated heterocycles. The van der Waals surface area contributed by atoms with Gasteiger partial charge in [-0.2, -0.15) is 0 Å². The predicted octanol–water partition coefficient (Wildman–Crippen LogP) is 1.27. The van der Waals surface area contributed by atoms with Crippen molar-refractivity contribution in [3.8, 4) is 0 Å². The number of sulfone groups is 1. The van der Waals surface area contributed by atoms with Crippen LogP contribution in [0, 0.1) is 0 Å². The minimum absolute atomic E-state index is 0.244. The Bertz CT molecular complexity index is 650. The van der Waals surface area contributed by atoms with Crippen LogP contribution >= 0.6 is 0 Å². The smallest absolute Gasteiger partial charge is 0.193 e. The fourth-order valence-electron chi connectivity index (χ4n) is 2.86. The highest BCUT2D eigenvalue weighted by molar-refractivity contribution is 7.91. The summed E-state index contributed by atoms with van der Waals surface area (Å²) >= 11 is 0. The molecule has 0 unspecified atom stereocenters. The van der Waals surface area contributed by atoms with Gasteiger partial charge in [0, 0.05) is 25.3 Å². The lowest BCUT2D eigenvalue weighted by Crippen LogP contribution is -2.41. The number of aryl methyl sites for hydroxylation is 2. The van der Waals surface area contributed by atoms with Crippen molar-refractivity contribution in [2.24, 2.45) is 10.7 Å². The van der Waals surface area contributed by atoms with Crippen LogP contribution in [0.15, 0.2) is 23.2 Å². The Morgan fingerprint density at radius 3 is 2.33 bits per heavy atom. The van der Waals surface area contributed by atoms with Crippen molar-refractivity contribution in [3.63, 3.8) is 0 Å². The van der Waals surface area contributed by atoms with Crippen LogP contribution in [0.4, 0.5) is 5.69 Å². The van der Waals surface area contributed by atoms with Crippen molar-refractivity contribution < 1.29 is 8.42 Å². The fourth-order valence-corrected chi connectivity index (χ4v) is 4.13. The third-order valence-corrected chi connectivity index (χ3v) is 6.00. The lowest BCUT2D eigenvalue weighted by molar-refractivity contribution is 0.304. The summed E-state index contributed by atoms with van der Waals surface area (Å²) < 4.78 is 22.8. The Morgan fingerprint density at radius 2 is 1.79 bits per heavy atom. The summed E-state index contributed by atoms with van der Waals surface area (Å²) in [5.41, 5.74) is 9.56. The number of rotatable bonds is 6. The highest BCUT2D eigenvalue weighted by Gasteiger charge is 2.20. The molecular weight excluding hydrogens is 324 g/mol. The molecule has 134 valence electrons. The monoisotopic (exact) mass is 352 g/mol. The number of hydrogen-bond donors (Lipinski definition) is 2. The molecule has 1 aromatic rings. The summed E-state index contributed by atoms with van der Waals surface area (Å²) in [5, 5.41) is 3.25. The van der Waals surface area contributed by atoms with Crippen LogP contribution in [0.1, 0.15) is 25.0 Å². The average Bonchev–Trinajstić information content (AvgIpc) is 2.56. The van der Waals surface area contributed by atoms with Crippen molar-refractivity contribution in [2.75, 3.05) is 43.0 Å². The second-order valence-electron chi connectivity index (χ2n) is 6.04. The Labute approximate surface area is 145 Å². The van der Waals surface area contributed by atoms with Crippen LogP contribution in [0.5, 0.6) is 0 Å². The van der Waals surface area contributed by atoms with Gasteiger partial charge < -0.3 is 11.1 Å². The van der Waals surface area contributed by atoms with Crippen LogP contribution in [0.25, 0.3) is 0 Å². The standard InChI is InChI=1S/C17H28N4O2S/c1-3-14-6-5-7-15(4-2)16(14)20-17(18)19-8-9-21-10-12-24(22,23)13-11-21/h5-7H,3-4,8-13H2,1-2H3,(H3,18,19,20). The maximum absolute atomic E-state index is 11.4. The zero-order chi connectivity index (χ0) is 17.6. The molecule has 2 rings (SSSR count). The van der Waals surface area contributed by atoms with E-state index >= 15 is 0 Å². The maximum atomic E-state index is 11.4. The third-order valence-electron chi connectivity index (χ3n) is 4.39. The summed E-state index contributed by atoms with van der Waals surface area (Å²) in [6.45, 7) is 6.71. The Balaban J connectivity index is 1.91. The molecule has 24 heavy (non-hydrogen) atoms. The van der Waals surface area contributed by atoms with E-state index in [1.165, 1.54) is 11.1 Å². The predicted molar refractivity (Wildman–Crippen MR) is 100 cm³/mol. The summed E-state index contributed by atoms with van der Waals surface area (Å²) in [6.07, 6.45) is 1.87. The van der Waals surface area contributed by atoms with Gasteiger partial charge in [-0.05, 0) is 24.0 Å². The summed E-state index contributed by atoms with van der Waals surface area (Å²) in [6, 6.07) is 6.27. The topological polar surface area (TPSA) is 87.8 Å². The SMILES string of the molecule is CCc1cccc(CC)c1NC(N)=NCCN1CCS(=O)(=O)CC1. The van der Waals surface area contributed by atoms with Crippen molar-refractivity contribution in [1.82, 2.24) is 4.90 Å². The fraction of sp³-hybridized carbons (Fsp3) is 0.588. The molecule has 0 spiro atoms. The van der Waals surface area contributed by atoms with E-state index in [2.05, 4.69) is 47.3 Å². The lowest BCUT2D eigenvalue weighted by Gasteiger charge is -2.25. The third kappa shape index (κ3) is 5.21. The molecule has 1 aliphatic rings. The number of para-hydroxylation sites is 1. The van der Waals surface area contributed by atoms with E-state index in [1.54, 1.807) is 0 Å². The van der Waals surface area contributed by atoms with Crippen LogP contribution < -0.4 is 11.1 Å².